The molecular formula is C16H21N5. The van der Waals surface area contributed by atoms with Gasteiger partial charge in [-0.2, -0.15) is 0 Å². The van der Waals surface area contributed by atoms with Crippen molar-refractivity contribution < 1.29 is 0 Å². The van der Waals surface area contributed by atoms with Crippen LogP contribution < -0.4 is 16.0 Å². The fourth-order valence-electron chi connectivity index (χ4n) is 3.50. The molecule has 2 fully saturated rings. The molecule has 3 aliphatic heterocycles. The summed E-state index contributed by atoms with van der Waals surface area (Å²) in [6.45, 7) is 3.08. The molecule has 1 aromatic rings. The molecule has 1 unspecified atom stereocenters. The Bertz CT molecular complexity index is 573. The predicted molar refractivity (Wildman–Crippen MR) is 85.7 cm³/mol. The Kier molecular flexibility index (Phi) is 3.07. The Morgan fingerprint density at radius 1 is 1.14 bits per heavy atom. The van der Waals surface area contributed by atoms with Crippen LogP contribution >= 0.6 is 0 Å². The van der Waals surface area contributed by atoms with Gasteiger partial charge in [-0.3, -0.25) is 5.41 Å². The number of amidine groups is 1. The van der Waals surface area contributed by atoms with Gasteiger partial charge in [0.2, 0.25) is 0 Å². The number of para-hydroxylation sites is 2. The lowest BCUT2D eigenvalue weighted by Crippen LogP contribution is -2.46. The van der Waals surface area contributed by atoms with Crippen LogP contribution in [-0.4, -0.2) is 36.4 Å². The van der Waals surface area contributed by atoms with Crippen molar-refractivity contribution in [3.63, 3.8) is 0 Å². The van der Waals surface area contributed by atoms with Gasteiger partial charge in [0.05, 0.1) is 11.4 Å². The van der Waals surface area contributed by atoms with E-state index in [4.69, 9.17) is 5.41 Å². The van der Waals surface area contributed by atoms with Crippen LogP contribution in [0.15, 0.2) is 35.7 Å². The zero-order valence-corrected chi connectivity index (χ0v) is 12.1. The number of fused-ring (bicyclic) bond motifs is 1. The van der Waals surface area contributed by atoms with Gasteiger partial charge in [-0.15, -0.1) is 0 Å². The quantitative estimate of drug-likeness (QED) is 0.638. The summed E-state index contributed by atoms with van der Waals surface area (Å²) in [7, 11) is 0. The second-order valence-corrected chi connectivity index (χ2v) is 5.94. The first-order chi connectivity index (χ1) is 10.3. The Morgan fingerprint density at radius 3 is 2.57 bits per heavy atom. The summed E-state index contributed by atoms with van der Waals surface area (Å²) in [6.07, 6.45) is 3.35. The molecule has 4 rings (SSSR count). The van der Waals surface area contributed by atoms with E-state index >= 15 is 0 Å². The van der Waals surface area contributed by atoms with Crippen LogP contribution in [0, 0.1) is 5.41 Å². The highest BCUT2D eigenvalue weighted by molar-refractivity contribution is 6.01. The van der Waals surface area contributed by atoms with E-state index in [-0.39, 0.29) is 0 Å². The first-order valence-electron chi connectivity index (χ1n) is 7.75. The number of benzene rings is 1. The number of nitrogens with zero attached hydrogens (tertiary/aromatic N) is 1. The van der Waals surface area contributed by atoms with Crippen LogP contribution in [0.3, 0.4) is 0 Å². The highest BCUT2D eigenvalue weighted by atomic mass is 15.3. The highest BCUT2D eigenvalue weighted by Gasteiger charge is 2.32. The Labute approximate surface area is 124 Å². The zero-order valence-electron chi connectivity index (χ0n) is 12.1. The maximum Gasteiger partial charge on any atom is 0.127 e. The molecule has 1 aromatic carbocycles. The maximum absolute atomic E-state index is 8.53. The van der Waals surface area contributed by atoms with E-state index in [1.807, 2.05) is 12.1 Å². The summed E-state index contributed by atoms with van der Waals surface area (Å²) in [6, 6.07) is 8.67. The Morgan fingerprint density at radius 2 is 1.90 bits per heavy atom. The fraction of sp³-hybridized carbons (Fsp3) is 0.438. The average molecular weight is 283 g/mol. The molecule has 0 radical (unpaired) electrons. The lowest BCUT2D eigenvalue weighted by atomic mass is 10.1. The van der Waals surface area contributed by atoms with Crippen LogP contribution in [-0.2, 0) is 0 Å². The number of piperidine rings is 1. The van der Waals surface area contributed by atoms with Gasteiger partial charge in [0.1, 0.15) is 11.7 Å². The molecule has 2 saturated heterocycles. The summed E-state index contributed by atoms with van der Waals surface area (Å²) in [5, 5.41) is 18.8. The van der Waals surface area contributed by atoms with E-state index < -0.39 is 0 Å². The largest absolute Gasteiger partial charge is 0.352 e. The third kappa shape index (κ3) is 2.17. The lowest BCUT2D eigenvalue weighted by Gasteiger charge is -2.32. The smallest absolute Gasteiger partial charge is 0.127 e. The molecule has 21 heavy (non-hydrogen) atoms. The predicted octanol–water partition coefficient (Wildman–Crippen LogP) is 2.17. The average Bonchev–Trinajstić information content (AvgIpc) is 3.11. The minimum atomic E-state index is 0.480. The van der Waals surface area contributed by atoms with E-state index in [1.54, 1.807) is 0 Å². The minimum absolute atomic E-state index is 0.480. The number of nitrogens with one attached hydrogen (secondary N) is 4. The molecule has 5 nitrogen and oxygen atoms in total. The molecule has 4 N–H and O–H groups in total. The Hall–Kier alpha value is -2.01. The topological polar surface area (TPSA) is 63.2 Å². The van der Waals surface area contributed by atoms with Crippen molar-refractivity contribution in [1.29, 1.82) is 5.41 Å². The van der Waals surface area contributed by atoms with Crippen molar-refractivity contribution in [2.45, 2.75) is 25.3 Å². The molecule has 0 bridgehead atoms. The summed E-state index contributed by atoms with van der Waals surface area (Å²) in [5.41, 5.74) is 3.31. The van der Waals surface area contributed by atoms with Crippen molar-refractivity contribution in [2.75, 3.05) is 30.3 Å². The monoisotopic (exact) mass is 283 g/mol. The second-order valence-electron chi connectivity index (χ2n) is 5.94. The summed E-state index contributed by atoms with van der Waals surface area (Å²) < 4.78 is 0. The van der Waals surface area contributed by atoms with E-state index in [0.29, 0.717) is 11.9 Å². The minimum Gasteiger partial charge on any atom is -0.352 e. The van der Waals surface area contributed by atoms with Crippen LogP contribution in [0.5, 0.6) is 0 Å². The van der Waals surface area contributed by atoms with E-state index in [1.165, 1.54) is 12.8 Å². The first kappa shape index (κ1) is 12.7. The third-order valence-corrected chi connectivity index (χ3v) is 4.64. The van der Waals surface area contributed by atoms with Crippen LogP contribution in [0.4, 0.5) is 11.4 Å². The SMILES string of the molecule is N=C1C(=C2Nc3ccccc3N2)CCN1C1CCCNC1. The molecule has 0 spiro atoms. The number of rotatable bonds is 1. The number of hydrogen-bond donors (Lipinski definition) is 4. The van der Waals surface area contributed by atoms with E-state index in [9.17, 15) is 0 Å². The highest BCUT2D eigenvalue weighted by Crippen LogP contribution is 2.34. The van der Waals surface area contributed by atoms with Crippen molar-refractivity contribution in [1.82, 2.24) is 10.2 Å². The second kappa shape index (κ2) is 5.07. The summed E-state index contributed by atoms with van der Waals surface area (Å²) >= 11 is 0. The molecule has 3 heterocycles. The van der Waals surface area contributed by atoms with Gasteiger partial charge in [-0.05, 0) is 37.9 Å². The molecule has 0 amide bonds. The van der Waals surface area contributed by atoms with Gasteiger partial charge in [-0.25, -0.2) is 0 Å². The van der Waals surface area contributed by atoms with E-state index in [2.05, 4.69) is 33.0 Å². The normalized spacial score (nSPS) is 24.9. The van der Waals surface area contributed by atoms with Gasteiger partial charge < -0.3 is 20.9 Å². The van der Waals surface area contributed by atoms with Gasteiger partial charge in [0, 0.05) is 24.7 Å². The molecule has 0 saturated carbocycles. The van der Waals surface area contributed by atoms with Gasteiger partial charge in [0.15, 0.2) is 0 Å². The molecule has 1 atom stereocenters. The number of likely N-dealkylation sites (tertiary alicyclic amines) is 1. The molecule has 110 valence electrons. The third-order valence-electron chi connectivity index (χ3n) is 4.64. The number of hydrogen-bond acceptors (Lipinski definition) is 4. The lowest BCUT2D eigenvalue weighted by molar-refractivity contribution is 0.271. The van der Waals surface area contributed by atoms with Crippen molar-refractivity contribution in [2.24, 2.45) is 0 Å². The van der Waals surface area contributed by atoms with Gasteiger partial charge in [-0.1, -0.05) is 12.1 Å². The van der Waals surface area contributed by atoms with Gasteiger partial charge >= 0.3 is 0 Å². The van der Waals surface area contributed by atoms with Crippen molar-refractivity contribution in [3.05, 3.63) is 35.7 Å². The van der Waals surface area contributed by atoms with E-state index in [0.717, 1.165) is 48.8 Å². The van der Waals surface area contributed by atoms with Crippen LogP contribution in [0.1, 0.15) is 19.3 Å². The molecule has 3 aliphatic rings. The summed E-state index contributed by atoms with van der Waals surface area (Å²) in [5.74, 6) is 1.68. The van der Waals surface area contributed by atoms with Crippen LogP contribution in [0.25, 0.3) is 0 Å². The van der Waals surface area contributed by atoms with Crippen molar-refractivity contribution >= 4 is 17.2 Å². The molecule has 0 aromatic heterocycles. The Balaban J connectivity index is 1.55. The number of anilines is 2. The fourth-order valence-corrected chi connectivity index (χ4v) is 3.50. The standard InChI is InChI=1S/C16H21N5/c17-15-12(7-9-21(15)11-4-3-8-18-10-11)16-19-13-5-1-2-6-14(13)20-16/h1-2,5-6,11,17-20H,3-4,7-10H2. The maximum atomic E-state index is 8.53. The molecule has 0 aliphatic carbocycles. The molecular weight excluding hydrogens is 262 g/mol. The molecule has 5 heteroatoms. The van der Waals surface area contributed by atoms with Crippen LogP contribution in [0.2, 0.25) is 0 Å². The summed E-state index contributed by atoms with van der Waals surface area (Å²) in [4.78, 5) is 2.26. The zero-order chi connectivity index (χ0) is 14.2. The van der Waals surface area contributed by atoms with Gasteiger partial charge in [0.25, 0.3) is 0 Å². The first-order valence-corrected chi connectivity index (χ1v) is 7.75. The van der Waals surface area contributed by atoms with Crippen molar-refractivity contribution in [3.8, 4) is 0 Å².